The van der Waals surface area contributed by atoms with Gasteiger partial charge in [-0.3, -0.25) is 14.7 Å². The van der Waals surface area contributed by atoms with Gasteiger partial charge in [0.2, 0.25) is 5.91 Å². The predicted octanol–water partition coefficient (Wildman–Crippen LogP) is 1.74. The first kappa shape index (κ1) is 22.9. The molecule has 162 valence electrons. The molecule has 1 saturated heterocycles. The number of rotatable bonds is 8. The van der Waals surface area contributed by atoms with Gasteiger partial charge in [0.15, 0.2) is 5.96 Å². The summed E-state index contributed by atoms with van der Waals surface area (Å²) in [6, 6.07) is 0.738. The molecule has 1 amide bonds. The molecule has 28 heavy (non-hydrogen) atoms. The molecule has 0 aromatic heterocycles. The number of carbonyl (C=O) groups excluding carboxylic acids is 1. The van der Waals surface area contributed by atoms with Crippen LogP contribution in [0.3, 0.4) is 0 Å². The zero-order valence-corrected chi connectivity index (χ0v) is 18.7. The maximum atomic E-state index is 11.9. The third-order valence-corrected chi connectivity index (χ3v) is 6.77. The van der Waals surface area contributed by atoms with E-state index in [0.717, 1.165) is 57.8 Å². The largest absolute Gasteiger partial charge is 0.378 e. The SMILES string of the molecule is CCCNC(=O)CN1CCC(NC(=NCC)NC2CC(C)(OC)C2(C)C)CC1. The summed E-state index contributed by atoms with van der Waals surface area (Å²) in [6.45, 7) is 14.7. The number of piperidine rings is 1. The lowest BCUT2D eigenvalue weighted by Gasteiger charge is -2.59. The minimum absolute atomic E-state index is 0.0488. The fourth-order valence-corrected chi connectivity index (χ4v) is 4.13. The number of carbonyl (C=O) groups is 1. The van der Waals surface area contributed by atoms with Crippen molar-refractivity contribution >= 4 is 11.9 Å². The Morgan fingerprint density at radius 1 is 1.18 bits per heavy atom. The molecular weight excluding hydrogens is 354 g/mol. The summed E-state index contributed by atoms with van der Waals surface area (Å²) >= 11 is 0. The fraction of sp³-hybridized carbons (Fsp3) is 0.905. The van der Waals surface area contributed by atoms with Crippen molar-refractivity contribution in [1.29, 1.82) is 0 Å². The second-order valence-electron chi connectivity index (χ2n) is 8.93. The van der Waals surface area contributed by atoms with E-state index >= 15 is 0 Å². The maximum Gasteiger partial charge on any atom is 0.234 e. The standard InChI is InChI=1S/C21H41N5O2/c1-7-11-23-18(27)15-26-12-9-16(10-13-26)24-19(22-8-2)25-17-14-21(5,28-6)20(17,3)4/h16-17H,7-15H2,1-6H3,(H,23,27)(H2,22,24,25). The number of likely N-dealkylation sites (tertiary alicyclic amines) is 1. The van der Waals surface area contributed by atoms with E-state index in [2.05, 4.69) is 60.5 Å². The number of hydrogen-bond donors (Lipinski definition) is 3. The predicted molar refractivity (Wildman–Crippen MR) is 115 cm³/mol. The molecule has 2 fully saturated rings. The summed E-state index contributed by atoms with van der Waals surface area (Å²) in [5, 5.41) is 10.2. The van der Waals surface area contributed by atoms with Crippen molar-refractivity contribution in [3.05, 3.63) is 0 Å². The Balaban J connectivity index is 1.80. The minimum atomic E-state index is -0.0916. The summed E-state index contributed by atoms with van der Waals surface area (Å²) in [6.07, 6.45) is 4.00. The molecule has 0 radical (unpaired) electrons. The number of hydrogen-bond acceptors (Lipinski definition) is 4. The molecule has 0 aromatic carbocycles. The number of amides is 1. The van der Waals surface area contributed by atoms with Crippen molar-refractivity contribution < 1.29 is 9.53 Å². The third kappa shape index (κ3) is 5.38. The Morgan fingerprint density at radius 2 is 1.86 bits per heavy atom. The summed E-state index contributed by atoms with van der Waals surface area (Å²) < 4.78 is 5.74. The van der Waals surface area contributed by atoms with Crippen LogP contribution < -0.4 is 16.0 Å². The summed E-state index contributed by atoms with van der Waals surface area (Å²) in [5.41, 5.74) is -0.0428. The molecular formula is C21H41N5O2. The zero-order chi connectivity index (χ0) is 20.8. The lowest BCUT2D eigenvalue weighted by Crippen LogP contribution is -2.70. The van der Waals surface area contributed by atoms with Gasteiger partial charge in [0.05, 0.1) is 12.1 Å². The Morgan fingerprint density at radius 3 is 2.39 bits per heavy atom. The van der Waals surface area contributed by atoms with Crippen LogP contribution in [0.5, 0.6) is 0 Å². The average molecular weight is 396 g/mol. The topological polar surface area (TPSA) is 78.0 Å². The molecule has 1 saturated carbocycles. The highest BCUT2D eigenvalue weighted by atomic mass is 16.5. The number of nitrogens with one attached hydrogen (secondary N) is 3. The van der Waals surface area contributed by atoms with Crippen LogP contribution in [0.25, 0.3) is 0 Å². The van der Waals surface area contributed by atoms with E-state index in [1.165, 1.54) is 0 Å². The highest BCUT2D eigenvalue weighted by Gasteiger charge is 2.58. The molecule has 2 unspecified atom stereocenters. The Bertz CT molecular complexity index is 543. The van der Waals surface area contributed by atoms with Gasteiger partial charge in [-0.2, -0.15) is 0 Å². The van der Waals surface area contributed by atoms with Crippen LogP contribution in [0.4, 0.5) is 0 Å². The smallest absolute Gasteiger partial charge is 0.234 e. The molecule has 3 N–H and O–H groups in total. The van der Waals surface area contributed by atoms with E-state index in [-0.39, 0.29) is 16.9 Å². The Kier molecular flexibility index (Phi) is 8.13. The van der Waals surface area contributed by atoms with Crippen molar-refractivity contribution in [1.82, 2.24) is 20.9 Å². The monoisotopic (exact) mass is 395 g/mol. The van der Waals surface area contributed by atoms with E-state index in [9.17, 15) is 4.79 Å². The van der Waals surface area contributed by atoms with Gasteiger partial charge in [-0.05, 0) is 39.5 Å². The second-order valence-corrected chi connectivity index (χ2v) is 8.93. The molecule has 0 aromatic rings. The van der Waals surface area contributed by atoms with Gasteiger partial charge in [0.1, 0.15) is 0 Å². The van der Waals surface area contributed by atoms with Crippen molar-refractivity contribution in [2.45, 2.75) is 78.0 Å². The Hall–Kier alpha value is -1.34. The zero-order valence-electron chi connectivity index (χ0n) is 18.7. The van der Waals surface area contributed by atoms with E-state index in [4.69, 9.17) is 4.74 Å². The minimum Gasteiger partial charge on any atom is -0.378 e. The van der Waals surface area contributed by atoms with Crippen LogP contribution >= 0.6 is 0 Å². The molecule has 0 bridgehead atoms. The van der Waals surface area contributed by atoms with Crippen molar-refractivity contribution in [2.24, 2.45) is 10.4 Å². The molecule has 7 heteroatoms. The average Bonchev–Trinajstić information content (AvgIpc) is 2.67. The molecule has 2 rings (SSSR count). The molecule has 2 aliphatic rings. The number of ether oxygens (including phenoxy) is 1. The lowest BCUT2D eigenvalue weighted by molar-refractivity contribution is -0.176. The van der Waals surface area contributed by atoms with Gasteiger partial charge in [-0.1, -0.05) is 20.8 Å². The van der Waals surface area contributed by atoms with Gasteiger partial charge in [-0.15, -0.1) is 0 Å². The van der Waals surface area contributed by atoms with E-state index in [1.807, 2.05) is 0 Å². The molecule has 7 nitrogen and oxygen atoms in total. The van der Waals surface area contributed by atoms with Gasteiger partial charge >= 0.3 is 0 Å². The quantitative estimate of drug-likeness (QED) is 0.431. The number of nitrogens with zero attached hydrogens (tertiary/aromatic N) is 2. The maximum absolute atomic E-state index is 11.9. The lowest BCUT2D eigenvalue weighted by atomic mass is 9.56. The molecule has 1 heterocycles. The fourth-order valence-electron chi connectivity index (χ4n) is 4.13. The second kappa shape index (κ2) is 9.92. The first-order chi connectivity index (χ1) is 13.3. The van der Waals surface area contributed by atoms with Crippen LogP contribution in [0.1, 0.15) is 60.3 Å². The summed E-state index contributed by atoms with van der Waals surface area (Å²) in [5.74, 6) is 1.04. The Labute approximate surface area is 171 Å². The molecule has 1 aliphatic heterocycles. The number of methoxy groups -OCH3 is 1. The van der Waals surface area contributed by atoms with Gasteiger partial charge in [0, 0.05) is 50.8 Å². The van der Waals surface area contributed by atoms with Crippen molar-refractivity contribution in [3.63, 3.8) is 0 Å². The van der Waals surface area contributed by atoms with E-state index < -0.39 is 0 Å². The molecule has 1 aliphatic carbocycles. The summed E-state index contributed by atoms with van der Waals surface area (Å²) in [4.78, 5) is 18.8. The molecule has 0 spiro atoms. The summed E-state index contributed by atoms with van der Waals surface area (Å²) in [7, 11) is 1.80. The number of guanidine groups is 1. The third-order valence-electron chi connectivity index (χ3n) is 6.77. The highest BCUT2D eigenvalue weighted by Crippen LogP contribution is 2.51. The molecule has 2 atom stereocenters. The normalized spacial score (nSPS) is 28.5. The first-order valence-corrected chi connectivity index (χ1v) is 10.9. The van der Waals surface area contributed by atoms with Crippen LogP contribution in [-0.4, -0.2) is 74.3 Å². The van der Waals surface area contributed by atoms with Crippen LogP contribution in [-0.2, 0) is 9.53 Å². The first-order valence-electron chi connectivity index (χ1n) is 10.9. The van der Waals surface area contributed by atoms with Crippen LogP contribution in [0, 0.1) is 5.41 Å². The van der Waals surface area contributed by atoms with Crippen molar-refractivity contribution in [2.75, 3.05) is 39.8 Å². The van der Waals surface area contributed by atoms with Gasteiger partial charge < -0.3 is 20.7 Å². The van der Waals surface area contributed by atoms with Crippen molar-refractivity contribution in [3.8, 4) is 0 Å². The van der Waals surface area contributed by atoms with E-state index in [1.54, 1.807) is 7.11 Å². The van der Waals surface area contributed by atoms with Crippen LogP contribution in [0.2, 0.25) is 0 Å². The highest BCUT2D eigenvalue weighted by molar-refractivity contribution is 5.81. The van der Waals surface area contributed by atoms with Crippen LogP contribution in [0.15, 0.2) is 4.99 Å². The number of aliphatic imine (C=N–C) groups is 1. The van der Waals surface area contributed by atoms with E-state index in [0.29, 0.717) is 18.6 Å². The van der Waals surface area contributed by atoms with Gasteiger partial charge in [0.25, 0.3) is 0 Å². The van der Waals surface area contributed by atoms with Gasteiger partial charge in [-0.25, -0.2) is 0 Å².